The third-order valence-corrected chi connectivity index (χ3v) is 4.89. The molecule has 3 rings (SSSR count). The Morgan fingerprint density at radius 2 is 1.86 bits per heavy atom. The molecule has 22 heavy (non-hydrogen) atoms. The number of aryl methyl sites for hydroxylation is 2. The van der Waals surface area contributed by atoms with E-state index in [9.17, 15) is 5.11 Å². The zero-order valence-corrected chi connectivity index (χ0v) is 14.0. The van der Waals surface area contributed by atoms with E-state index in [-0.39, 0.29) is 0 Å². The maximum absolute atomic E-state index is 10.4. The number of nitrogens with zero attached hydrogens (tertiary/aromatic N) is 1. The minimum Gasteiger partial charge on any atom is -0.507 e. The first-order chi connectivity index (χ1) is 10.6. The zero-order chi connectivity index (χ0) is 15.7. The Hall–Kier alpha value is -1.84. The van der Waals surface area contributed by atoms with Gasteiger partial charge in [0, 0.05) is 22.3 Å². The predicted molar refractivity (Wildman–Crippen MR) is 93.8 cm³/mol. The van der Waals surface area contributed by atoms with Crippen molar-refractivity contribution < 1.29 is 5.11 Å². The van der Waals surface area contributed by atoms with Gasteiger partial charge < -0.3 is 5.11 Å². The molecular weight excluding hydrogens is 314 g/mol. The summed E-state index contributed by atoms with van der Waals surface area (Å²) in [7, 11) is 0. The molecule has 1 aromatic heterocycles. The van der Waals surface area contributed by atoms with Gasteiger partial charge in [0.25, 0.3) is 0 Å². The molecule has 1 N–H and O–H groups in total. The molecule has 2 aromatic carbocycles. The van der Waals surface area contributed by atoms with Crippen LogP contribution in [0.15, 0.2) is 42.6 Å². The van der Waals surface area contributed by atoms with Crippen LogP contribution < -0.4 is 0 Å². The number of benzene rings is 2. The Balaban J connectivity index is 2.15. The number of aromatic nitrogens is 1. The van der Waals surface area contributed by atoms with Crippen molar-refractivity contribution in [2.45, 2.75) is 20.3 Å². The van der Waals surface area contributed by atoms with Gasteiger partial charge in [-0.15, -0.1) is 0 Å². The average molecular weight is 330 g/mol. The van der Waals surface area contributed by atoms with Crippen molar-refractivity contribution in [1.29, 1.82) is 0 Å². The molecule has 2 nitrogen and oxygen atoms in total. The molecule has 0 unspecified atom stereocenters. The molecule has 0 saturated carbocycles. The van der Waals surface area contributed by atoms with Gasteiger partial charge in [0.1, 0.15) is 5.75 Å². The van der Waals surface area contributed by atoms with Gasteiger partial charge in [-0.3, -0.25) is 0 Å². The van der Waals surface area contributed by atoms with Gasteiger partial charge >= 0.3 is 0 Å². The number of hydrogen-bond acceptors (Lipinski definition) is 3. The van der Waals surface area contributed by atoms with E-state index in [0.29, 0.717) is 10.8 Å². The lowest BCUT2D eigenvalue weighted by atomic mass is 9.98. The summed E-state index contributed by atoms with van der Waals surface area (Å²) in [6.45, 7) is 4.14. The summed E-state index contributed by atoms with van der Waals surface area (Å²) in [6.07, 6.45) is 2.78. The molecule has 0 bridgehead atoms. The Morgan fingerprint density at radius 1 is 1.14 bits per heavy atom. The van der Waals surface area contributed by atoms with Crippen LogP contribution in [0.25, 0.3) is 21.6 Å². The number of halogens is 1. The third-order valence-electron chi connectivity index (χ3n) is 3.81. The van der Waals surface area contributed by atoms with Crippen LogP contribution in [0.4, 0.5) is 0 Å². The molecule has 0 spiro atoms. The van der Waals surface area contributed by atoms with Crippen LogP contribution in [-0.2, 0) is 6.42 Å². The van der Waals surface area contributed by atoms with E-state index in [2.05, 4.69) is 17.4 Å². The van der Waals surface area contributed by atoms with Crippen molar-refractivity contribution >= 4 is 23.1 Å². The molecule has 0 aliphatic heterocycles. The van der Waals surface area contributed by atoms with E-state index < -0.39 is 0 Å². The number of hydrogen-bond donors (Lipinski definition) is 1. The molecule has 0 aliphatic rings. The first kappa shape index (κ1) is 15.1. The largest absolute Gasteiger partial charge is 0.507 e. The Bertz CT molecular complexity index is 808. The molecule has 0 saturated heterocycles. The SMILES string of the molecule is CCc1cc(-c2sncc2-c2ccc(Cl)cc2)c(O)cc1C. The molecule has 112 valence electrons. The van der Waals surface area contributed by atoms with E-state index in [1.54, 1.807) is 0 Å². The summed E-state index contributed by atoms with van der Waals surface area (Å²) in [4.78, 5) is 0.981. The highest BCUT2D eigenvalue weighted by Gasteiger charge is 2.15. The van der Waals surface area contributed by atoms with E-state index in [4.69, 9.17) is 11.6 Å². The Labute approximate surface area is 139 Å². The third kappa shape index (κ3) is 2.74. The number of aromatic hydroxyl groups is 1. The Morgan fingerprint density at radius 3 is 2.55 bits per heavy atom. The monoisotopic (exact) mass is 329 g/mol. The fraction of sp³-hybridized carbons (Fsp3) is 0.167. The van der Waals surface area contributed by atoms with Crippen molar-refractivity contribution in [2.24, 2.45) is 0 Å². The van der Waals surface area contributed by atoms with Crippen molar-refractivity contribution in [3.05, 3.63) is 58.7 Å². The van der Waals surface area contributed by atoms with Gasteiger partial charge in [-0.1, -0.05) is 30.7 Å². The molecule has 4 heteroatoms. The van der Waals surface area contributed by atoms with Gasteiger partial charge in [-0.25, -0.2) is 0 Å². The molecule has 1 heterocycles. The zero-order valence-electron chi connectivity index (χ0n) is 12.4. The summed E-state index contributed by atoms with van der Waals surface area (Å²) in [5, 5.41) is 11.1. The fourth-order valence-corrected chi connectivity index (χ4v) is 3.49. The summed E-state index contributed by atoms with van der Waals surface area (Å²) < 4.78 is 4.31. The predicted octanol–water partition coefficient (Wildman–Crippen LogP) is 5.71. The van der Waals surface area contributed by atoms with Crippen LogP contribution in [0.1, 0.15) is 18.1 Å². The fourth-order valence-electron chi connectivity index (χ4n) is 2.57. The number of phenols is 1. The molecule has 0 fully saturated rings. The highest BCUT2D eigenvalue weighted by molar-refractivity contribution is 7.10. The topological polar surface area (TPSA) is 33.1 Å². The lowest BCUT2D eigenvalue weighted by Gasteiger charge is -2.10. The second kappa shape index (κ2) is 6.11. The van der Waals surface area contributed by atoms with Gasteiger partial charge in [-0.2, -0.15) is 4.37 Å². The highest BCUT2D eigenvalue weighted by Crippen LogP contribution is 2.40. The maximum atomic E-state index is 10.4. The maximum Gasteiger partial charge on any atom is 0.124 e. The number of rotatable bonds is 3. The van der Waals surface area contributed by atoms with Gasteiger partial charge in [0.05, 0.1) is 4.88 Å². The van der Waals surface area contributed by atoms with Crippen molar-refractivity contribution in [1.82, 2.24) is 4.37 Å². The first-order valence-corrected chi connectivity index (χ1v) is 8.28. The second-order valence-corrected chi connectivity index (χ2v) is 6.46. The normalized spacial score (nSPS) is 10.9. The van der Waals surface area contributed by atoms with E-state index in [1.165, 1.54) is 17.1 Å². The van der Waals surface area contributed by atoms with Crippen LogP contribution in [-0.4, -0.2) is 9.48 Å². The van der Waals surface area contributed by atoms with Crippen molar-refractivity contribution in [2.75, 3.05) is 0 Å². The number of phenolic OH excluding ortho intramolecular Hbond substituents is 1. The molecule has 0 radical (unpaired) electrons. The van der Waals surface area contributed by atoms with E-state index in [1.807, 2.05) is 43.5 Å². The molecule has 0 amide bonds. The lowest BCUT2D eigenvalue weighted by molar-refractivity contribution is 0.477. The standard InChI is InChI=1S/C18H16ClNOS/c1-3-12-9-15(17(21)8-11(12)2)18-16(10-20-22-18)13-4-6-14(19)7-5-13/h4-10,21H,3H2,1-2H3. The molecular formula is C18H16ClNOS. The van der Waals surface area contributed by atoms with Gasteiger partial charge in [0.15, 0.2) is 0 Å². The summed E-state index contributed by atoms with van der Waals surface area (Å²) in [6, 6.07) is 11.6. The summed E-state index contributed by atoms with van der Waals surface area (Å²) >= 11 is 7.36. The van der Waals surface area contributed by atoms with Crippen LogP contribution >= 0.6 is 23.1 Å². The lowest BCUT2D eigenvalue weighted by Crippen LogP contribution is -1.89. The summed E-state index contributed by atoms with van der Waals surface area (Å²) in [5.74, 6) is 0.300. The van der Waals surface area contributed by atoms with Crippen LogP contribution in [0, 0.1) is 6.92 Å². The van der Waals surface area contributed by atoms with Crippen LogP contribution in [0.3, 0.4) is 0 Å². The second-order valence-electron chi connectivity index (χ2n) is 5.22. The summed E-state index contributed by atoms with van der Waals surface area (Å²) in [5.41, 5.74) is 5.26. The van der Waals surface area contributed by atoms with Crippen LogP contribution in [0.2, 0.25) is 5.02 Å². The van der Waals surface area contributed by atoms with E-state index in [0.717, 1.165) is 33.6 Å². The molecule has 0 atom stereocenters. The van der Waals surface area contributed by atoms with Crippen molar-refractivity contribution in [3.63, 3.8) is 0 Å². The van der Waals surface area contributed by atoms with Crippen LogP contribution in [0.5, 0.6) is 5.75 Å². The van der Waals surface area contributed by atoms with Gasteiger partial charge in [0.2, 0.25) is 0 Å². The Kier molecular flexibility index (Phi) is 4.19. The highest BCUT2D eigenvalue weighted by atomic mass is 35.5. The first-order valence-electron chi connectivity index (χ1n) is 7.13. The average Bonchev–Trinajstić information content (AvgIpc) is 2.97. The molecule has 3 aromatic rings. The smallest absolute Gasteiger partial charge is 0.124 e. The minimum absolute atomic E-state index is 0.300. The van der Waals surface area contributed by atoms with E-state index >= 15 is 0 Å². The van der Waals surface area contributed by atoms with Crippen molar-refractivity contribution in [3.8, 4) is 27.3 Å². The quantitative estimate of drug-likeness (QED) is 0.668. The molecule has 0 aliphatic carbocycles. The van der Waals surface area contributed by atoms with Gasteiger partial charge in [-0.05, 0) is 65.8 Å². The minimum atomic E-state index is 0.300.